The maximum atomic E-state index is 12.7. The molecule has 4 nitrogen and oxygen atoms in total. The first kappa shape index (κ1) is 14.7. The number of aromatic nitrogens is 1. The highest BCUT2D eigenvalue weighted by Crippen LogP contribution is 2.28. The molecule has 0 aliphatic carbocycles. The van der Waals surface area contributed by atoms with Crippen LogP contribution in [0, 0.1) is 6.92 Å². The smallest absolute Gasteiger partial charge is 0.268 e. The highest BCUT2D eigenvalue weighted by Gasteiger charge is 2.21. The van der Waals surface area contributed by atoms with E-state index in [0.29, 0.717) is 11.8 Å². The standard InChI is InChI=1S/C16H13NO3S2/c1-12-4-6-15(7-5-12)22(19,20)17-10-13(9-14(17)11-18)16-3-2-8-21-16/h2-11H,1H3. The van der Waals surface area contributed by atoms with Crippen molar-refractivity contribution in [1.82, 2.24) is 3.97 Å². The SMILES string of the molecule is Cc1ccc(S(=O)(=O)n2cc(-c3cccs3)cc2C=O)cc1. The Morgan fingerprint density at radius 1 is 1.14 bits per heavy atom. The van der Waals surface area contributed by atoms with Gasteiger partial charge >= 0.3 is 0 Å². The Labute approximate surface area is 132 Å². The first-order valence-corrected chi connectivity index (χ1v) is 8.88. The summed E-state index contributed by atoms with van der Waals surface area (Å²) in [5, 5.41) is 1.90. The lowest BCUT2D eigenvalue weighted by molar-refractivity contribution is 0.111. The Morgan fingerprint density at radius 3 is 2.45 bits per heavy atom. The van der Waals surface area contributed by atoms with Gasteiger partial charge in [0, 0.05) is 16.6 Å². The Bertz CT molecular complexity index is 905. The van der Waals surface area contributed by atoms with E-state index < -0.39 is 10.0 Å². The van der Waals surface area contributed by atoms with E-state index in [1.165, 1.54) is 17.5 Å². The monoisotopic (exact) mass is 331 g/mol. The summed E-state index contributed by atoms with van der Waals surface area (Å²) in [6, 6.07) is 11.9. The fourth-order valence-electron chi connectivity index (χ4n) is 2.16. The number of nitrogens with zero attached hydrogens (tertiary/aromatic N) is 1. The minimum Gasteiger partial charge on any atom is -0.296 e. The number of rotatable bonds is 4. The number of carbonyl (C=O) groups excluding carboxylic acids is 1. The zero-order chi connectivity index (χ0) is 15.7. The molecule has 0 unspecified atom stereocenters. The van der Waals surface area contributed by atoms with Crippen molar-refractivity contribution in [3.63, 3.8) is 0 Å². The van der Waals surface area contributed by atoms with Crippen molar-refractivity contribution in [1.29, 1.82) is 0 Å². The van der Waals surface area contributed by atoms with E-state index in [0.717, 1.165) is 14.4 Å². The molecular weight excluding hydrogens is 318 g/mol. The third-order valence-electron chi connectivity index (χ3n) is 3.32. The Kier molecular flexibility index (Phi) is 3.72. The first-order valence-electron chi connectivity index (χ1n) is 6.56. The third-order valence-corrected chi connectivity index (χ3v) is 5.94. The maximum absolute atomic E-state index is 12.7. The molecule has 0 spiro atoms. The van der Waals surface area contributed by atoms with Crippen LogP contribution in [-0.4, -0.2) is 18.7 Å². The van der Waals surface area contributed by atoms with Crippen molar-refractivity contribution >= 4 is 27.6 Å². The summed E-state index contributed by atoms with van der Waals surface area (Å²) in [5.41, 5.74) is 1.80. The zero-order valence-electron chi connectivity index (χ0n) is 11.8. The van der Waals surface area contributed by atoms with Crippen LogP contribution in [0.4, 0.5) is 0 Å². The van der Waals surface area contributed by atoms with Crippen LogP contribution < -0.4 is 0 Å². The normalized spacial score (nSPS) is 11.5. The number of hydrogen-bond donors (Lipinski definition) is 0. The molecule has 0 saturated carbocycles. The fraction of sp³-hybridized carbons (Fsp3) is 0.0625. The summed E-state index contributed by atoms with van der Waals surface area (Å²) < 4.78 is 26.5. The lowest BCUT2D eigenvalue weighted by Gasteiger charge is -2.07. The molecule has 112 valence electrons. The van der Waals surface area contributed by atoms with E-state index in [1.807, 2.05) is 24.4 Å². The van der Waals surface area contributed by atoms with E-state index in [9.17, 15) is 13.2 Å². The van der Waals surface area contributed by atoms with Crippen LogP contribution in [0.2, 0.25) is 0 Å². The molecule has 22 heavy (non-hydrogen) atoms. The van der Waals surface area contributed by atoms with Gasteiger partial charge in [-0.05, 0) is 36.6 Å². The number of hydrogen-bond acceptors (Lipinski definition) is 4. The molecule has 2 aromatic heterocycles. The van der Waals surface area contributed by atoms with Crippen molar-refractivity contribution in [3.8, 4) is 10.4 Å². The van der Waals surface area contributed by atoms with Crippen LogP contribution in [0.3, 0.4) is 0 Å². The molecule has 3 rings (SSSR count). The van der Waals surface area contributed by atoms with Crippen LogP contribution in [0.1, 0.15) is 16.1 Å². The second-order valence-electron chi connectivity index (χ2n) is 4.86. The van der Waals surface area contributed by atoms with Gasteiger partial charge in [0.05, 0.1) is 10.6 Å². The summed E-state index contributed by atoms with van der Waals surface area (Å²) in [4.78, 5) is 12.3. The van der Waals surface area contributed by atoms with Gasteiger partial charge in [-0.25, -0.2) is 12.4 Å². The number of benzene rings is 1. The molecule has 0 bridgehead atoms. The van der Waals surface area contributed by atoms with Crippen molar-refractivity contribution in [2.45, 2.75) is 11.8 Å². The van der Waals surface area contributed by atoms with Crippen LogP contribution in [0.5, 0.6) is 0 Å². The molecule has 1 aromatic carbocycles. The van der Waals surface area contributed by atoms with E-state index in [-0.39, 0.29) is 10.6 Å². The number of thiophene rings is 1. The summed E-state index contributed by atoms with van der Waals surface area (Å²) in [6.45, 7) is 1.89. The van der Waals surface area contributed by atoms with E-state index in [1.54, 1.807) is 30.3 Å². The molecule has 0 aliphatic heterocycles. The fourth-order valence-corrected chi connectivity index (χ4v) is 4.20. The molecule has 2 heterocycles. The maximum Gasteiger partial charge on any atom is 0.268 e. The van der Waals surface area contributed by atoms with Crippen LogP contribution in [0.15, 0.2) is 58.9 Å². The first-order chi connectivity index (χ1) is 10.5. The van der Waals surface area contributed by atoms with Crippen LogP contribution in [0.25, 0.3) is 10.4 Å². The van der Waals surface area contributed by atoms with Crippen molar-refractivity contribution in [2.75, 3.05) is 0 Å². The van der Waals surface area contributed by atoms with E-state index in [2.05, 4.69) is 0 Å². The second kappa shape index (κ2) is 5.55. The molecule has 0 atom stereocenters. The quantitative estimate of drug-likeness (QED) is 0.687. The van der Waals surface area contributed by atoms with Gasteiger partial charge in [0.15, 0.2) is 6.29 Å². The highest BCUT2D eigenvalue weighted by atomic mass is 32.2. The van der Waals surface area contributed by atoms with Crippen molar-refractivity contribution in [2.24, 2.45) is 0 Å². The second-order valence-corrected chi connectivity index (χ2v) is 7.63. The van der Waals surface area contributed by atoms with Gasteiger partial charge in [-0.15, -0.1) is 11.3 Å². The Hall–Kier alpha value is -2.18. The molecule has 3 aromatic rings. The number of carbonyl (C=O) groups is 1. The molecule has 6 heteroatoms. The molecular formula is C16H13NO3S2. The van der Waals surface area contributed by atoms with Gasteiger partial charge in [-0.3, -0.25) is 4.79 Å². The molecule has 0 radical (unpaired) electrons. The predicted octanol–water partition coefficient (Wildman–Crippen LogP) is 3.57. The van der Waals surface area contributed by atoms with E-state index >= 15 is 0 Å². The predicted molar refractivity (Wildman–Crippen MR) is 86.9 cm³/mol. The molecule has 0 aliphatic rings. The Morgan fingerprint density at radius 2 is 1.86 bits per heavy atom. The molecule has 0 fully saturated rings. The van der Waals surface area contributed by atoms with Gasteiger partial charge in [0.1, 0.15) is 0 Å². The van der Waals surface area contributed by atoms with Crippen molar-refractivity contribution < 1.29 is 13.2 Å². The van der Waals surface area contributed by atoms with Gasteiger partial charge in [0.25, 0.3) is 10.0 Å². The summed E-state index contributed by atoms with van der Waals surface area (Å²) in [5.74, 6) is 0. The number of aryl methyl sites for hydroxylation is 1. The van der Waals surface area contributed by atoms with E-state index in [4.69, 9.17) is 0 Å². The topological polar surface area (TPSA) is 56.1 Å². The summed E-state index contributed by atoms with van der Waals surface area (Å²) in [7, 11) is -3.78. The van der Waals surface area contributed by atoms with Gasteiger partial charge in [-0.2, -0.15) is 0 Å². The van der Waals surface area contributed by atoms with Crippen LogP contribution in [-0.2, 0) is 10.0 Å². The largest absolute Gasteiger partial charge is 0.296 e. The molecule has 0 amide bonds. The summed E-state index contributed by atoms with van der Waals surface area (Å²) >= 11 is 1.49. The van der Waals surface area contributed by atoms with Crippen LogP contribution >= 0.6 is 11.3 Å². The average Bonchev–Trinajstić information content (AvgIpc) is 3.16. The molecule has 0 saturated heterocycles. The van der Waals surface area contributed by atoms with Gasteiger partial charge < -0.3 is 0 Å². The Balaban J connectivity index is 2.14. The lowest BCUT2D eigenvalue weighted by atomic mass is 10.2. The average molecular weight is 331 g/mol. The minimum atomic E-state index is -3.78. The minimum absolute atomic E-state index is 0.115. The lowest BCUT2D eigenvalue weighted by Crippen LogP contribution is -2.14. The number of aldehydes is 1. The third kappa shape index (κ3) is 2.51. The molecule has 0 N–H and O–H groups in total. The summed E-state index contributed by atoms with van der Waals surface area (Å²) in [6.07, 6.45) is 2.05. The zero-order valence-corrected chi connectivity index (χ0v) is 13.4. The van der Waals surface area contributed by atoms with Crippen molar-refractivity contribution in [3.05, 3.63) is 65.3 Å². The highest BCUT2D eigenvalue weighted by molar-refractivity contribution is 7.90. The van der Waals surface area contributed by atoms with Gasteiger partial charge in [0.2, 0.25) is 0 Å². The van der Waals surface area contributed by atoms with Gasteiger partial charge in [-0.1, -0.05) is 23.8 Å².